The third-order valence-corrected chi connectivity index (χ3v) is 6.78. The van der Waals surface area contributed by atoms with Crippen molar-refractivity contribution in [3.63, 3.8) is 0 Å². The van der Waals surface area contributed by atoms with Crippen LogP contribution in [0.4, 0.5) is 5.69 Å². The molecule has 2 aromatic heterocycles. The van der Waals surface area contributed by atoms with Crippen molar-refractivity contribution >= 4 is 27.6 Å². The fraction of sp³-hybridized carbons (Fsp3) is 0.333. The van der Waals surface area contributed by atoms with Crippen LogP contribution in [0.5, 0.6) is 0 Å². The molecule has 5 heterocycles. The first-order chi connectivity index (χ1) is 14.7. The van der Waals surface area contributed by atoms with Crippen LogP contribution in [-0.4, -0.2) is 45.5 Å². The molecule has 4 aromatic rings. The number of benzene rings is 2. The van der Waals surface area contributed by atoms with Crippen molar-refractivity contribution in [1.29, 1.82) is 0 Å². The lowest BCUT2D eigenvalue weighted by Gasteiger charge is -2.45. The summed E-state index contributed by atoms with van der Waals surface area (Å²) < 4.78 is 0. The zero-order valence-corrected chi connectivity index (χ0v) is 17.0. The van der Waals surface area contributed by atoms with Crippen LogP contribution in [0.25, 0.3) is 33.3 Å². The van der Waals surface area contributed by atoms with Crippen molar-refractivity contribution in [2.45, 2.75) is 25.8 Å². The molecule has 0 amide bonds. The van der Waals surface area contributed by atoms with Crippen molar-refractivity contribution in [2.24, 2.45) is 5.92 Å². The Hall–Kier alpha value is -3.12. The average Bonchev–Trinajstić information content (AvgIpc) is 3.18. The second kappa shape index (κ2) is 6.71. The first-order valence-electron chi connectivity index (χ1n) is 10.8. The highest BCUT2D eigenvalue weighted by molar-refractivity contribution is 5.99. The maximum atomic E-state index is 13.3. The van der Waals surface area contributed by atoms with E-state index >= 15 is 0 Å². The summed E-state index contributed by atoms with van der Waals surface area (Å²) in [5, 5.41) is 4.84. The van der Waals surface area contributed by atoms with E-state index < -0.39 is 0 Å². The third-order valence-electron chi connectivity index (χ3n) is 6.78. The van der Waals surface area contributed by atoms with Crippen molar-refractivity contribution in [2.75, 3.05) is 25.0 Å². The number of rotatable bonds is 3. The molecule has 3 fully saturated rings. The topological polar surface area (TPSA) is 76.8 Å². The molecule has 30 heavy (non-hydrogen) atoms. The van der Waals surface area contributed by atoms with Gasteiger partial charge in [0, 0.05) is 18.0 Å². The predicted molar refractivity (Wildman–Crippen MR) is 121 cm³/mol. The van der Waals surface area contributed by atoms with Crippen molar-refractivity contribution < 1.29 is 0 Å². The second-order valence-electron chi connectivity index (χ2n) is 8.74. The Morgan fingerprint density at radius 3 is 2.67 bits per heavy atom. The van der Waals surface area contributed by atoms with E-state index in [9.17, 15) is 4.79 Å². The summed E-state index contributed by atoms with van der Waals surface area (Å²) in [5.41, 5.74) is 5.17. The molecule has 3 saturated heterocycles. The van der Waals surface area contributed by atoms with Gasteiger partial charge >= 0.3 is 0 Å². The van der Waals surface area contributed by atoms with Gasteiger partial charge < -0.3 is 20.2 Å². The van der Waals surface area contributed by atoms with Crippen LogP contribution in [0.3, 0.4) is 0 Å². The number of fused-ring (bicyclic) bond motifs is 5. The van der Waals surface area contributed by atoms with Crippen LogP contribution >= 0.6 is 0 Å². The number of anilines is 1. The average molecular weight is 399 g/mol. The number of hydrogen-bond donors (Lipinski definition) is 3. The molecule has 6 heteroatoms. The van der Waals surface area contributed by atoms with Gasteiger partial charge in [-0.05, 0) is 62.5 Å². The SMILES string of the molecule is Cc1ccc2c(N[C@@H]3CN4CCC3CC4)c(-c3nc4ccccc4[nH]3)c(=O)[nH]c2c1. The van der Waals surface area contributed by atoms with Gasteiger partial charge in [0.1, 0.15) is 11.4 Å². The number of aromatic amines is 2. The lowest BCUT2D eigenvalue weighted by atomic mass is 9.83. The Balaban J connectivity index is 1.56. The molecule has 3 N–H and O–H groups in total. The van der Waals surface area contributed by atoms with Gasteiger partial charge in [-0.1, -0.05) is 24.3 Å². The molecule has 0 saturated carbocycles. The summed E-state index contributed by atoms with van der Waals surface area (Å²) in [6, 6.07) is 14.5. The van der Waals surface area contributed by atoms with Gasteiger partial charge in [0.25, 0.3) is 5.56 Å². The standard InChI is InChI=1S/C24H25N5O/c1-14-6-7-16-19(12-14)28-24(30)21(23-26-17-4-2-3-5-18(17)27-23)22(16)25-20-13-29-10-8-15(20)9-11-29/h2-7,12,15,20H,8-11,13H2,1H3,(H,26,27)(H2,25,28,30)/t20-/m1/s1. The van der Waals surface area contributed by atoms with E-state index in [4.69, 9.17) is 4.98 Å². The summed E-state index contributed by atoms with van der Waals surface area (Å²) in [5.74, 6) is 1.27. The molecule has 0 aliphatic carbocycles. The fourth-order valence-corrected chi connectivity index (χ4v) is 5.17. The van der Waals surface area contributed by atoms with Crippen LogP contribution in [0.2, 0.25) is 0 Å². The van der Waals surface area contributed by atoms with Gasteiger partial charge in [-0.15, -0.1) is 0 Å². The summed E-state index contributed by atoms with van der Waals surface area (Å²) in [4.78, 5) is 27.0. The molecule has 3 aliphatic heterocycles. The van der Waals surface area contributed by atoms with Crippen LogP contribution in [0.15, 0.2) is 47.3 Å². The molecular formula is C24H25N5O. The second-order valence-corrected chi connectivity index (χ2v) is 8.74. The highest BCUT2D eigenvalue weighted by Crippen LogP contribution is 2.35. The number of piperidine rings is 3. The smallest absolute Gasteiger partial charge is 0.261 e. The number of para-hydroxylation sites is 2. The van der Waals surface area contributed by atoms with Gasteiger partial charge in [0.05, 0.1) is 22.2 Å². The highest BCUT2D eigenvalue weighted by atomic mass is 16.1. The minimum Gasteiger partial charge on any atom is -0.379 e. The molecular weight excluding hydrogens is 374 g/mol. The quantitative estimate of drug-likeness (QED) is 0.489. The van der Waals surface area contributed by atoms with Gasteiger partial charge in [0.15, 0.2) is 0 Å². The van der Waals surface area contributed by atoms with Gasteiger partial charge in [-0.3, -0.25) is 4.79 Å². The first kappa shape index (κ1) is 17.7. The number of nitrogens with one attached hydrogen (secondary N) is 3. The van der Waals surface area contributed by atoms with E-state index in [1.807, 2.05) is 37.3 Å². The number of H-pyrrole nitrogens is 2. The van der Waals surface area contributed by atoms with Gasteiger partial charge in [-0.2, -0.15) is 0 Å². The Morgan fingerprint density at radius 2 is 1.90 bits per heavy atom. The molecule has 7 rings (SSSR count). The Morgan fingerprint density at radius 1 is 1.07 bits per heavy atom. The van der Waals surface area contributed by atoms with E-state index in [1.54, 1.807) is 0 Å². The number of pyridine rings is 1. The van der Waals surface area contributed by atoms with E-state index in [-0.39, 0.29) is 5.56 Å². The summed E-state index contributed by atoms with van der Waals surface area (Å²) in [6.45, 7) is 5.46. The third kappa shape index (κ3) is 2.82. The molecule has 6 nitrogen and oxygen atoms in total. The molecule has 1 atom stereocenters. The fourth-order valence-electron chi connectivity index (χ4n) is 5.17. The minimum absolute atomic E-state index is 0.115. The molecule has 3 aliphatic rings. The first-order valence-corrected chi connectivity index (χ1v) is 10.8. The number of aryl methyl sites for hydroxylation is 1. The van der Waals surface area contributed by atoms with E-state index in [0.29, 0.717) is 23.3 Å². The van der Waals surface area contributed by atoms with Crippen LogP contribution < -0.4 is 10.9 Å². The van der Waals surface area contributed by atoms with Crippen molar-refractivity contribution in [1.82, 2.24) is 19.9 Å². The summed E-state index contributed by atoms with van der Waals surface area (Å²) in [7, 11) is 0. The highest BCUT2D eigenvalue weighted by Gasteiger charge is 2.35. The number of imidazole rings is 1. The lowest BCUT2D eigenvalue weighted by molar-refractivity contribution is 0.0976. The van der Waals surface area contributed by atoms with E-state index in [2.05, 4.69) is 32.3 Å². The molecule has 0 unspecified atom stereocenters. The summed E-state index contributed by atoms with van der Waals surface area (Å²) in [6.07, 6.45) is 2.44. The predicted octanol–water partition coefficient (Wildman–Crippen LogP) is 3.89. The van der Waals surface area contributed by atoms with Crippen LogP contribution in [0.1, 0.15) is 18.4 Å². The molecule has 0 spiro atoms. The molecule has 2 aromatic carbocycles. The number of aromatic nitrogens is 3. The zero-order valence-electron chi connectivity index (χ0n) is 17.0. The van der Waals surface area contributed by atoms with Crippen LogP contribution in [0, 0.1) is 12.8 Å². The number of nitrogens with zero attached hydrogens (tertiary/aromatic N) is 2. The van der Waals surface area contributed by atoms with Crippen molar-refractivity contribution in [3.8, 4) is 11.4 Å². The van der Waals surface area contributed by atoms with Gasteiger partial charge in [0.2, 0.25) is 0 Å². The Labute approximate surface area is 174 Å². The maximum Gasteiger partial charge on any atom is 0.261 e. The van der Waals surface area contributed by atoms with E-state index in [1.165, 1.54) is 25.9 Å². The molecule has 2 bridgehead atoms. The Bertz CT molecular complexity index is 1280. The minimum atomic E-state index is -0.115. The maximum absolute atomic E-state index is 13.3. The normalized spacial score (nSPS) is 23.3. The molecule has 152 valence electrons. The van der Waals surface area contributed by atoms with Crippen molar-refractivity contribution in [3.05, 3.63) is 58.4 Å². The monoisotopic (exact) mass is 399 g/mol. The largest absolute Gasteiger partial charge is 0.379 e. The lowest BCUT2D eigenvalue weighted by Crippen LogP contribution is -2.53. The Kier molecular flexibility index (Phi) is 3.96. The van der Waals surface area contributed by atoms with E-state index in [0.717, 1.165) is 39.7 Å². The number of hydrogen-bond acceptors (Lipinski definition) is 4. The molecule has 0 radical (unpaired) electrons. The zero-order chi connectivity index (χ0) is 20.2. The summed E-state index contributed by atoms with van der Waals surface area (Å²) >= 11 is 0. The van der Waals surface area contributed by atoms with Crippen LogP contribution in [-0.2, 0) is 0 Å². The van der Waals surface area contributed by atoms with Gasteiger partial charge in [-0.25, -0.2) is 4.98 Å².